The molecule has 0 aliphatic rings. The van der Waals surface area contributed by atoms with Gasteiger partial charge in [0.05, 0.1) is 27.9 Å². The molecule has 0 aromatic heterocycles. The molecule has 0 unspecified atom stereocenters. The van der Waals surface area contributed by atoms with E-state index in [-0.39, 0.29) is 19.8 Å². The van der Waals surface area contributed by atoms with E-state index in [0.717, 1.165) is 0 Å². The van der Waals surface area contributed by atoms with Gasteiger partial charge >= 0.3 is 18.3 Å². The fourth-order valence-electron chi connectivity index (χ4n) is 2.71. The third-order valence-electron chi connectivity index (χ3n) is 5.12. The largest absolute Gasteiger partial charge is 0.450 e. The Hall–Kier alpha value is -2.09. The van der Waals surface area contributed by atoms with E-state index < -0.39 is 26.4 Å². The molecule has 6 N–H and O–H groups in total. The molecule has 32 heavy (non-hydrogen) atoms. The summed E-state index contributed by atoms with van der Waals surface area (Å²) in [4.78, 5) is 40.2. The molecule has 0 fully saturated rings. The van der Waals surface area contributed by atoms with Gasteiger partial charge in [-0.1, -0.05) is 6.55 Å². The first-order chi connectivity index (χ1) is 15.1. The minimum absolute atomic E-state index is 0.235. The third-order valence-corrected chi connectivity index (χ3v) is 9.36. The van der Waals surface area contributed by atoms with Crippen molar-refractivity contribution in [3.63, 3.8) is 0 Å². The van der Waals surface area contributed by atoms with E-state index in [1.807, 2.05) is 0 Å². The molecule has 0 aromatic carbocycles. The Balaban J connectivity index is 4.79. The van der Waals surface area contributed by atoms with Crippen LogP contribution in [0.4, 0.5) is 14.4 Å². The number of likely N-dealkylation sites (N-methyl/N-ethyl adjacent to an activating group) is 3. The minimum atomic E-state index is -2.07. The Bertz CT molecular complexity index is 496. The summed E-state index contributed by atoms with van der Waals surface area (Å²) in [6.45, 7) is 5.10. The summed E-state index contributed by atoms with van der Waals surface area (Å²) in [7, 11) is 2.81. The van der Waals surface area contributed by atoms with Crippen LogP contribution in [0.15, 0.2) is 0 Å². The fraction of sp³-hybridized carbons (Fsp3) is 0.842. The molecule has 0 aromatic rings. The Morgan fingerprint density at radius 1 is 0.625 bits per heavy atom. The Morgan fingerprint density at radius 3 is 1.09 bits per heavy atom. The maximum Gasteiger partial charge on any atom is 0.409 e. The highest BCUT2D eigenvalue weighted by Gasteiger charge is 2.29. The van der Waals surface area contributed by atoms with Crippen LogP contribution in [-0.2, 0) is 14.2 Å². The molecule has 12 nitrogen and oxygen atoms in total. The number of rotatable bonds is 15. The van der Waals surface area contributed by atoms with Gasteiger partial charge in [-0.15, -0.1) is 0 Å². The highest BCUT2D eigenvalue weighted by atomic mass is 28.3. The van der Waals surface area contributed by atoms with Crippen molar-refractivity contribution < 1.29 is 28.6 Å². The van der Waals surface area contributed by atoms with Crippen molar-refractivity contribution in [3.8, 4) is 0 Å². The van der Waals surface area contributed by atoms with E-state index in [1.54, 1.807) is 21.1 Å². The van der Waals surface area contributed by atoms with Gasteiger partial charge in [0, 0.05) is 60.4 Å². The fourth-order valence-corrected chi connectivity index (χ4v) is 5.25. The Morgan fingerprint density at radius 2 is 0.875 bits per heavy atom. The van der Waals surface area contributed by atoms with Crippen LogP contribution in [0.25, 0.3) is 0 Å². The molecule has 13 heteroatoms. The lowest BCUT2D eigenvalue weighted by Crippen LogP contribution is -2.39. The van der Waals surface area contributed by atoms with Crippen LogP contribution in [0.3, 0.4) is 0 Å². The molecule has 0 radical (unpaired) electrons. The maximum absolute atomic E-state index is 12.0. The summed E-state index contributed by atoms with van der Waals surface area (Å²) in [5.41, 5.74) is 16.4. The SMILES string of the molecule is CN(CCN)C(=O)OCC[Si](C)(CCOC(=O)N(C)CCN)CCOC(=O)N(C)CCN. The number of nitrogens with two attached hydrogens (primary N) is 3. The van der Waals surface area contributed by atoms with Crippen molar-refractivity contribution in [2.45, 2.75) is 24.7 Å². The second kappa shape index (κ2) is 16.5. The molecule has 0 atom stereocenters. The lowest BCUT2D eigenvalue weighted by Gasteiger charge is -2.28. The normalized spacial score (nSPS) is 11.0. The molecule has 0 aliphatic heterocycles. The van der Waals surface area contributed by atoms with Gasteiger partial charge in [0.2, 0.25) is 0 Å². The summed E-state index contributed by atoms with van der Waals surface area (Å²) in [6, 6.07) is 1.92. The zero-order valence-electron chi connectivity index (χ0n) is 20.0. The van der Waals surface area contributed by atoms with E-state index in [1.165, 1.54) is 14.7 Å². The summed E-state index contributed by atoms with van der Waals surface area (Å²) in [6.07, 6.45) is -1.30. The zero-order chi connectivity index (χ0) is 24.6. The van der Waals surface area contributed by atoms with Crippen LogP contribution in [0.5, 0.6) is 0 Å². The van der Waals surface area contributed by atoms with E-state index in [9.17, 15) is 14.4 Å². The van der Waals surface area contributed by atoms with Crippen molar-refractivity contribution in [1.29, 1.82) is 0 Å². The van der Waals surface area contributed by atoms with Gasteiger partial charge < -0.3 is 46.1 Å². The second-order valence-electron chi connectivity index (χ2n) is 8.03. The van der Waals surface area contributed by atoms with Crippen molar-refractivity contribution in [2.24, 2.45) is 17.2 Å². The lowest BCUT2D eigenvalue weighted by molar-refractivity contribution is 0.114. The number of hydrogen-bond donors (Lipinski definition) is 3. The molecular formula is C19H42N6O6Si. The van der Waals surface area contributed by atoms with Gasteiger partial charge in [-0.05, 0) is 18.1 Å². The molecule has 0 saturated carbocycles. The predicted octanol–water partition coefficient (Wildman–Crippen LogP) is 0.146. The summed E-state index contributed by atoms with van der Waals surface area (Å²) < 4.78 is 16.1. The molecule has 188 valence electrons. The van der Waals surface area contributed by atoms with Crippen LogP contribution in [-0.4, -0.2) is 121 Å². The van der Waals surface area contributed by atoms with Crippen molar-refractivity contribution >= 4 is 26.4 Å². The van der Waals surface area contributed by atoms with Crippen LogP contribution in [0, 0.1) is 0 Å². The second-order valence-corrected chi connectivity index (χ2v) is 13.2. The topological polar surface area (TPSA) is 167 Å². The molecule has 0 aliphatic carbocycles. The highest BCUT2D eigenvalue weighted by Crippen LogP contribution is 2.22. The van der Waals surface area contributed by atoms with Gasteiger partial charge in [0.15, 0.2) is 0 Å². The average molecular weight is 479 g/mol. The molecule has 3 amide bonds. The van der Waals surface area contributed by atoms with Crippen molar-refractivity contribution in [3.05, 3.63) is 0 Å². The number of hydrogen-bond acceptors (Lipinski definition) is 9. The molecule has 0 bridgehead atoms. The van der Waals surface area contributed by atoms with Gasteiger partial charge in [0.25, 0.3) is 0 Å². The smallest absolute Gasteiger partial charge is 0.409 e. The van der Waals surface area contributed by atoms with Crippen LogP contribution in [0.1, 0.15) is 0 Å². The quantitative estimate of drug-likeness (QED) is 0.219. The van der Waals surface area contributed by atoms with Crippen molar-refractivity contribution in [2.75, 3.05) is 80.2 Å². The molecule has 0 heterocycles. The van der Waals surface area contributed by atoms with Crippen LogP contribution < -0.4 is 17.2 Å². The number of carbonyl (C=O) groups excluding carboxylic acids is 3. The summed E-state index contributed by atoms with van der Waals surface area (Å²) >= 11 is 0. The monoisotopic (exact) mass is 478 g/mol. The first kappa shape index (κ1) is 29.9. The van der Waals surface area contributed by atoms with E-state index in [0.29, 0.717) is 57.4 Å². The summed E-state index contributed by atoms with van der Waals surface area (Å²) in [5.74, 6) is 0. The summed E-state index contributed by atoms with van der Waals surface area (Å²) in [5, 5.41) is 0. The predicted molar refractivity (Wildman–Crippen MR) is 125 cm³/mol. The van der Waals surface area contributed by atoms with Gasteiger partial charge in [-0.3, -0.25) is 0 Å². The number of nitrogens with zero attached hydrogens (tertiary/aromatic N) is 3. The first-order valence-corrected chi connectivity index (χ1v) is 14.0. The Labute approximate surface area is 192 Å². The number of amides is 3. The van der Waals surface area contributed by atoms with Crippen LogP contribution >= 0.6 is 0 Å². The lowest BCUT2D eigenvalue weighted by atomic mass is 10.6. The molecule has 0 saturated heterocycles. The minimum Gasteiger partial charge on any atom is -0.450 e. The maximum atomic E-state index is 12.0. The van der Waals surface area contributed by atoms with Crippen LogP contribution in [0.2, 0.25) is 24.7 Å². The zero-order valence-corrected chi connectivity index (χ0v) is 21.0. The molecule has 0 spiro atoms. The number of carbonyl (C=O) groups is 3. The van der Waals surface area contributed by atoms with Gasteiger partial charge in [-0.2, -0.15) is 0 Å². The number of ether oxygens (including phenoxy) is 3. The average Bonchev–Trinajstić information content (AvgIpc) is 2.73. The van der Waals surface area contributed by atoms with Crippen molar-refractivity contribution in [1.82, 2.24) is 14.7 Å². The Kier molecular flexibility index (Phi) is 15.4. The van der Waals surface area contributed by atoms with Gasteiger partial charge in [-0.25, -0.2) is 14.4 Å². The standard InChI is InChI=1S/C19H42N6O6Si/c1-23(8-5-20)17(26)29-11-14-32(4,15-12-30-18(27)24(2)9-6-21)16-13-31-19(28)25(3)10-7-22/h5-16,20-22H2,1-4H3. The first-order valence-electron chi connectivity index (χ1n) is 10.8. The molecular weight excluding hydrogens is 436 g/mol. The third kappa shape index (κ3) is 12.7. The van der Waals surface area contributed by atoms with E-state index in [4.69, 9.17) is 31.4 Å². The van der Waals surface area contributed by atoms with E-state index in [2.05, 4.69) is 6.55 Å². The van der Waals surface area contributed by atoms with E-state index >= 15 is 0 Å². The van der Waals surface area contributed by atoms with Gasteiger partial charge in [0.1, 0.15) is 0 Å². The highest BCUT2D eigenvalue weighted by molar-refractivity contribution is 6.78. The molecule has 0 rings (SSSR count).